The molecule has 2 N–H and O–H groups in total. The molecule has 0 spiro atoms. The van der Waals surface area contributed by atoms with Gasteiger partial charge in [0, 0.05) is 11.4 Å². The molecule has 1 aromatic heterocycles. The lowest BCUT2D eigenvalue weighted by molar-refractivity contribution is -0.138. The molecular formula is C15H16BrNO2S. The molecule has 2 rings (SSSR count). The first-order valence-electron chi connectivity index (χ1n) is 6.39. The number of nitrogens with one attached hydrogen (secondary N) is 1. The van der Waals surface area contributed by atoms with Crippen molar-refractivity contribution < 1.29 is 9.90 Å². The lowest BCUT2D eigenvalue weighted by Gasteiger charge is -2.13. The molecular weight excluding hydrogens is 338 g/mol. The molecule has 0 aliphatic heterocycles. The minimum absolute atomic E-state index is 0.450. The number of aliphatic carboxylic acids is 1. The largest absolute Gasteiger partial charge is 0.481 e. The number of carbonyl (C=O) groups is 1. The fourth-order valence-electron chi connectivity index (χ4n) is 1.98. The van der Waals surface area contributed by atoms with Crippen LogP contribution in [0.1, 0.15) is 16.4 Å². The summed E-state index contributed by atoms with van der Waals surface area (Å²) in [5, 5.41) is 12.5. The standard InChI is InChI=1S/C15H16BrNO2S/c16-14-7-6-12(20-14)8-9-17-10-13(15(18)19)11-4-2-1-3-5-11/h1-7,13,17H,8-10H2,(H,18,19). The molecule has 0 bridgehead atoms. The molecule has 3 nitrogen and oxygen atoms in total. The topological polar surface area (TPSA) is 49.3 Å². The molecule has 0 saturated heterocycles. The fraction of sp³-hybridized carbons (Fsp3) is 0.267. The molecule has 1 aromatic carbocycles. The van der Waals surface area contributed by atoms with E-state index in [4.69, 9.17) is 0 Å². The Labute approximate surface area is 130 Å². The molecule has 2 aromatic rings. The van der Waals surface area contributed by atoms with Crippen molar-refractivity contribution in [2.45, 2.75) is 12.3 Å². The fourth-order valence-corrected chi connectivity index (χ4v) is 3.46. The van der Waals surface area contributed by atoms with Crippen LogP contribution in [0.3, 0.4) is 0 Å². The van der Waals surface area contributed by atoms with Gasteiger partial charge in [-0.15, -0.1) is 11.3 Å². The highest BCUT2D eigenvalue weighted by molar-refractivity contribution is 9.11. The van der Waals surface area contributed by atoms with Crippen molar-refractivity contribution >= 4 is 33.2 Å². The van der Waals surface area contributed by atoms with E-state index in [9.17, 15) is 9.90 Å². The number of hydrogen-bond acceptors (Lipinski definition) is 3. The van der Waals surface area contributed by atoms with E-state index in [1.165, 1.54) is 4.88 Å². The van der Waals surface area contributed by atoms with Crippen LogP contribution in [0.15, 0.2) is 46.3 Å². The molecule has 1 heterocycles. The molecule has 0 radical (unpaired) electrons. The molecule has 106 valence electrons. The van der Waals surface area contributed by atoms with Crippen molar-refractivity contribution in [2.75, 3.05) is 13.1 Å². The number of rotatable bonds is 7. The van der Waals surface area contributed by atoms with Crippen LogP contribution in [0.25, 0.3) is 0 Å². The van der Waals surface area contributed by atoms with E-state index in [1.54, 1.807) is 11.3 Å². The zero-order valence-electron chi connectivity index (χ0n) is 10.9. The van der Waals surface area contributed by atoms with Gasteiger partial charge in [-0.3, -0.25) is 4.79 Å². The SMILES string of the molecule is O=C(O)C(CNCCc1ccc(Br)s1)c1ccccc1. The Hall–Kier alpha value is -1.17. The summed E-state index contributed by atoms with van der Waals surface area (Å²) in [5.41, 5.74) is 0.839. The molecule has 0 fully saturated rings. The van der Waals surface area contributed by atoms with Crippen LogP contribution in [0.4, 0.5) is 0 Å². The van der Waals surface area contributed by atoms with E-state index in [-0.39, 0.29) is 0 Å². The third-order valence-corrected chi connectivity index (χ3v) is 4.71. The van der Waals surface area contributed by atoms with Gasteiger partial charge in [0.25, 0.3) is 0 Å². The Balaban J connectivity index is 1.83. The Morgan fingerprint density at radius 2 is 2.00 bits per heavy atom. The predicted molar refractivity (Wildman–Crippen MR) is 85.4 cm³/mol. The van der Waals surface area contributed by atoms with Crippen LogP contribution < -0.4 is 5.32 Å². The summed E-state index contributed by atoms with van der Waals surface area (Å²) in [6, 6.07) is 13.5. The zero-order valence-corrected chi connectivity index (χ0v) is 13.3. The summed E-state index contributed by atoms with van der Waals surface area (Å²) in [5.74, 6) is -1.28. The van der Waals surface area contributed by atoms with Gasteiger partial charge in [-0.05, 0) is 46.6 Å². The van der Waals surface area contributed by atoms with Crippen LogP contribution in [0.5, 0.6) is 0 Å². The molecule has 1 atom stereocenters. The van der Waals surface area contributed by atoms with Gasteiger partial charge in [-0.1, -0.05) is 30.3 Å². The summed E-state index contributed by atoms with van der Waals surface area (Å²) in [6.45, 7) is 1.23. The summed E-state index contributed by atoms with van der Waals surface area (Å²) >= 11 is 5.14. The van der Waals surface area contributed by atoms with Crippen molar-refractivity contribution in [3.63, 3.8) is 0 Å². The normalized spacial score (nSPS) is 12.2. The van der Waals surface area contributed by atoms with Crippen LogP contribution in [-0.4, -0.2) is 24.2 Å². The number of hydrogen-bond donors (Lipinski definition) is 2. The molecule has 0 saturated carbocycles. The van der Waals surface area contributed by atoms with Gasteiger partial charge in [0.1, 0.15) is 0 Å². The number of benzene rings is 1. The van der Waals surface area contributed by atoms with Crippen molar-refractivity contribution in [3.8, 4) is 0 Å². The maximum Gasteiger partial charge on any atom is 0.312 e. The van der Waals surface area contributed by atoms with Gasteiger partial charge in [0.15, 0.2) is 0 Å². The van der Waals surface area contributed by atoms with Gasteiger partial charge < -0.3 is 10.4 Å². The van der Waals surface area contributed by atoms with Gasteiger partial charge in [0.2, 0.25) is 0 Å². The highest BCUT2D eigenvalue weighted by atomic mass is 79.9. The second kappa shape index (κ2) is 7.57. The Morgan fingerprint density at radius 3 is 2.60 bits per heavy atom. The zero-order chi connectivity index (χ0) is 14.4. The van der Waals surface area contributed by atoms with Crippen molar-refractivity contribution in [2.24, 2.45) is 0 Å². The maximum atomic E-state index is 11.3. The second-order valence-electron chi connectivity index (χ2n) is 4.46. The average Bonchev–Trinajstić information content (AvgIpc) is 2.85. The highest BCUT2D eigenvalue weighted by Gasteiger charge is 2.18. The van der Waals surface area contributed by atoms with Gasteiger partial charge in [-0.2, -0.15) is 0 Å². The predicted octanol–water partition coefficient (Wildman–Crippen LogP) is 3.51. The number of carboxylic acid groups (broad SMARTS) is 1. The first-order valence-corrected chi connectivity index (χ1v) is 8.00. The van der Waals surface area contributed by atoms with Crippen LogP contribution in [-0.2, 0) is 11.2 Å². The summed E-state index contributed by atoms with van der Waals surface area (Å²) < 4.78 is 1.13. The molecule has 0 amide bonds. The van der Waals surface area contributed by atoms with Crippen molar-refractivity contribution in [1.29, 1.82) is 0 Å². The van der Waals surface area contributed by atoms with Gasteiger partial charge in [0.05, 0.1) is 9.70 Å². The first kappa shape index (κ1) is 15.2. The summed E-state index contributed by atoms with van der Waals surface area (Å²) in [7, 11) is 0. The third-order valence-electron chi connectivity index (χ3n) is 3.03. The average molecular weight is 354 g/mol. The van der Waals surface area contributed by atoms with Crippen LogP contribution >= 0.6 is 27.3 Å². The van der Waals surface area contributed by atoms with E-state index < -0.39 is 11.9 Å². The van der Waals surface area contributed by atoms with Gasteiger partial charge in [-0.25, -0.2) is 0 Å². The molecule has 1 unspecified atom stereocenters. The molecule has 5 heteroatoms. The minimum atomic E-state index is -0.789. The van der Waals surface area contributed by atoms with Crippen molar-refractivity contribution in [1.82, 2.24) is 5.32 Å². The quantitative estimate of drug-likeness (QED) is 0.748. The van der Waals surface area contributed by atoms with E-state index >= 15 is 0 Å². The maximum absolute atomic E-state index is 11.3. The number of halogens is 1. The Kier molecular flexibility index (Phi) is 5.76. The second-order valence-corrected chi connectivity index (χ2v) is 7.01. The van der Waals surface area contributed by atoms with Gasteiger partial charge >= 0.3 is 5.97 Å². The molecule has 0 aliphatic carbocycles. The Bertz CT molecular complexity index is 556. The number of thiophene rings is 1. The highest BCUT2D eigenvalue weighted by Crippen LogP contribution is 2.22. The Morgan fingerprint density at radius 1 is 1.25 bits per heavy atom. The van der Waals surface area contributed by atoms with E-state index in [1.807, 2.05) is 36.4 Å². The minimum Gasteiger partial charge on any atom is -0.481 e. The lowest BCUT2D eigenvalue weighted by atomic mass is 9.99. The number of carboxylic acids is 1. The van der Waals surface area contributed by atoms with E-state index in [2.05, 4.69) is 27.3 Å². The van der Waals surface area contributed by atoms with E-state index in [0.29, 0.717) is 6.54 Å². The monoisotopic (exact) mass is 353 g/mol. The first-order chi connectivity index (χ1) is 9.66. The smallest absolute Gasteiger partial charge is 0.312 e. The summed E-state index contributed by atoms with van der Waals surface area (Å²) in [6.07, 6.45) is 0.914. The lowest BCUT2D eigenvalue weighted by Crippen LogP contribution is -2.28. The molecule has 20 heavy (non-hydrogen) atoms. The molecule has 0 aliphatic rings. The van der Waals surface area contributed by atoms with E-state index in [0.717, 1.165) is 22.3 Å². The van der Waals surface area contributed by atoms with Crippen LogP contribution in [0, 0.1) is 0 Å². The van der Waals surface area contributed by atoms with Crippen molar-refractivity contribution in [3.05, 3.63) is 56.7 Å². The van der Waals surface area contributed by atoms with Crippen LogP contribution in [0.2, 0.25) is 0 Å². The third kappa shape index (κ3) is 4.44. The summed E-state index contributed by atoms with van der Waals surface area (Å²) in [4.78, 5) is 12.6.